The zero-order chi connectivity index (χ0) is 19.6. The average Bonchev–Trinajstić information content (AvgIpc) is 3.45. The van der Waals surface area contributed by atoms with Crippen molar-refractivity contribution >= 4 is 40.8 Å². The minimum absolute atomic E-state index is 0. The zero-order valence-corrected chi connectivity index (χ0v) is 17.6. The van der Waals surface area contributed by atoms with Gasteiger partial charge in [0.25, 0.3) is 0 Å². The number of nitrogens with zero attached hydrogens (tertiary/aromatic N) is 4. The van der Waals surface area contributed by atoms with E-state index in [1.807, 2.05) is 18.2 Å². The second-order valence-corrected chi connectivity index (χ2v) is 8.65. The Kier molecular flexibility index (Phi) is 4.41. The van der Waals surface area contributed by atoms with Gasteiger partial charge in [-0.05, 0) is 61.8 Å². The van der Waals surface area contributed by atoms with Gasteiger partial charge in [0, 0.05) is 19.6 Å². The lowest BCUT2D eigenvalue weighted by atomic mass is 9.77. The molecular formula is C23H24ClN5O. The Morgan fingerprint density at radius 2 is 1.87 bits per heavy atom. The number of para-hydroxylation sites is 2. The van der Waals surface area contributed by atoms with Crippen LogP contribution in [0.3, 0.4) is 0 Å². The molecule has 1 aromatic carbocycles. The largest absolute Gasteiger partial charge is 0.357 e. The predicted molar refractivity (Wildman–Crippen MR) is 118 cm³/mol. The maximum absolute atomic E-state index is 12.4. The van der Waals surface area contributed by atoms with Crippen LogP contribution in [0.15, 0.2) is 24.3 Å². The van der Waals surface area contributed by atoms with Gasteiger partial charge in [-0.2, -0.15) is 5.26 Å². The van der Waals surface area contributed by atoms with Crippen LogP contribution in [0.2, 0.25) is 0 Å². The molecule has 0 bridgehead atoms. The topological polar surface area (TPSA) is 73.4 Å². The zero-order valence-electron chi connectivity index (χ0n) is 16.8. The molecule has 2 saturated heterocycles. The van der Waals surface area contributed by atoms with Gasteiger partial charge >= 0.3 is 0 Å². The third-order valence-corrected chi connectivity index (χ3v) is 7.29. The van der Waals surface area contributed by atoms with Crippen molar-refractivity contribution in [3.8, 4) is 6.07 Å². The summed E-state index contributed by atoms with van der Waals surface area (Å²) in [4.78, 5) is 19.7. The minimum Gasteiger partial charge on any atom is -0.357 e. The summed E-state index contributed by atoms with van der Waals surface area (Å²) in [6.07, 6.45) is 5.77. The molecule has 1 N–H and O–H groups in total. The Hall–Kier alpha value is -2.78. The highest BCUT2D eigenvalue weighted by molar-refractivity contribution is 5.87. The Balaban J connectivity index is 0.00000193. The number of halogens is 1. The summed E-state index contributed by atoms with van der Waals surface area (Å²) in [6, 6.07) is 10.6. The number of pyridine rings is 1. The fourth-order valence-electron chi connectivity index (χ4n) is 5.73. The van der Waals surface area contributed by atoms with E-state index < -0.39 is 0 Å². The Bertz CT molecular complexity index is 1220. The van der Waals surface area contributed by atoms with Crippen LogP contribution in [0, 0.1) is 16.7 Å². The molecule has 3 aromatic rings. The standard InChI is InChI=1S/C23H23N5O.ClH/c24-14-17-15-4-3-5-16(15)21(28-19-7-2-1-6-18(19)26-20(17)28)27-12-9-23(10-13-27)8-11-25-22(23)29;/h1-2,6-7H,3-5,8-13H2,(H,25,29);1H. The lowest BCUT2D eigenvalue weighted by Crippen LogP contribution is -2.44. The highest BCUT2D eigenvalue weighted by atomic mass is 35.5. The second kappa shape index (κ2) is 6.88. The molecule has 1 aliphatic carbocycles. The number of anilines is 1. The van der Waals surface area contributed by atoms with Gasteiger partial charge in [0.15, 0.2) is 5.65 Å². The van der Waals surface area contributed by atoms with Crippen LogP contribution >= 0.6 is 12.4 Å². The molecule has 3 aliphatic rings. The number of hydrogen-bond donors (Lipinski definition) is 1. The van der Waals surface area contributed by atoms with E-state index >= 15 is 0 Å². The van der Waals surface area contributed by atoms with E-state index in [1.165, 1.54) is 16.9 Å². The van der Waals surface area contributed by atoms with Gasteiger partial charge in [0.05, 0.1) is 22.0 Å². The Labute approximate surface area is 181 Å². The number of benzene rings is 1. The number of hydrogen-bond acceptors (Lipinski definition) is 4. The van der Waals surface area contributed by atoms with Crippen molar-refractivity contribution in [2.24, 2.45) is 5.41 Å². The first-order chi connectivity index (χ1) is 14.2. The summed E-state index contributed by atoms with van der Waals surface area (Å²) in [5.74, 6) is 1.44. The first-order valence-corrected chi connectivity index (χ1v) is 10.6. The molecule has 6 rings (SSSR count). The number of aromatic nitrogens is 2. The first-order valence-electron chi connectivity index (χ1n) is 10.6. The van der Waals surface area contributed by atoms with Crippen LogP contribution in [0.1, 0.15) is 42.4 Å². The fraction of sp³-hybridized carbons (Fsp3) is 0.435. The summed E-state index contributed by atoms with van der Waals surface area (Å²) in [5, 5.41) is 13.0. The SMILES string of the molecule is Cl.N#Cc1c2c(c(N3CCC4(CCNC4=O)CC3)n3c1nc1ccccc13)CCC2. The molecule has 1 amide bonds. The summed E-state index contributed by atoms with van der Waals surface area (Å²) in [5.41, 5.74) is 5.82. The van der Waals surface area contributed by atoms with Crippen LogP contribution in [-0.2, 0) is 17.6 Å². The molecule has 2 aromatic heterocycles. The maximum Gasteiger partial charge on any atom is 0.226 e. The summed E-state index contributed by atoms with van der Waals surface area (Å²) >= 11 is 0. The molecule has 0 radical (unpaired) electrons. The molecule has 2 fully saturated rings. The van der Waals surface area contributed by atoms with E-state index in [1.54, 1.807) is 0 Å². The van der Waals surface area contributed by atoms with Crippen molar-refractivity contribution < 1.29 is 4.79 Å². The van der Waals surface area contributed by atoms with Gasteiger partial charge in [0.2, 0.25) is 5.91 Å². The summed E-state index contributed by atoms with van der Waals surface area (Å²) in [7, 11) is 0. The number of amides is 1. The van der Waals surface area contributed by atoms with Crippen LogP contribution in [0.4, 0.5) is 5.82 Å². The van der Waals surface area contributed by atoms with Gasteiger partial charge in [-0.1, -0.05) is 12.1 Å². The third kappa shape index (κ3) is 2.48. The highest BCUT2D eigenvalue weighted by Gasteiger charge is 2.45. The Morgan fingerprint density at radius 3 is 2.60 bits per heavy atom. The molecule has 30 heavy (non-hydrogen) atoms. The van der Waals surface area contributed by atoms with Crippen molar-refractivity contribution in [2.75, 3.05) is 24.5 Å². The summed E-state index contributed by atoms with van der Waals surface area (Å²) in [6.45, 7) is 2.54. The number of carbonyl (C=O) groups is 1. The maximum atomic E-state index is 12.4. The van der Waals surface area contributed by atoms with E-state index in [2.05, 4.69) is 26.8 Å². The molecular weight excluding hydrogens is 398 g/mol. The minimum atomic E-state index is -0.178. The second-order valence-electron chi connectivity index (χ2n) is 8.65. The number of nitrogens with one attached hydrogen (secondary N) is 1. The monoisotopic (exact) mass is 421 g/mol. The van der Waals surface area contributed by atoms with E-state index in [4.69, 9.17) is 4.98 Å². The van der Waals surface area contributed by atoms with E-state index in [-0.39, 0.29) is 23.7 Å². The number of carbonyl (C=O) groups excluding carboxylic acids is 1. The quantitative estimate of drug-likeness (QED) is 0.653. The third-order valence-electron chi connectivity index (χ3n) is 7.29. The highest BCUT2D eigenvalue weighted by Crippen LogP contribution is 2.43. The van der Waals surface area contributed by atoms with Gasteiger partial charge in [0.1, 0.15) is 11.9 Å². The lowest BCUT2D eigenvalue weighted by molar-refractivity contribution is -0.128. The molecule has 2 aliphatic heterocycles. The Morgan fingerprint density at radius 1 is 1.10 bits per heavy atom. The molecule has 0 saturated carbocycles. The van der Waals surface area contributed by atoms with Gasteiger partial charge in [-0.15, -0.1) is 12.4 Å². The van der Waals surface area contributed by atoms with Crippen LogP contribution < -0.4 is 10.2 Å². The van der Waals surface area contributed by atoms with Gasteiger partial charge < -0.3 is 10.2 Å². The van der Waals surface area contributed by atoms with Crippen molar-refractivity contribution in [3.05, 3.63) is 41.0 Å². The van der Waals surface area contributed by atoms with E-state index in [9.17, 15) is 10.1 Å². The predicted octanol–water partition coefficient (Wildman–Crippen LogP) is 3.38. The number of piperidine rings is 1. The van der Waals surface area contributed by atoms with E-state index in [0.717, 1.165) is 80.4 Å². The van der Waals surface area contributed by atoms with Crippen molar-refractivity contribution in [2.45, 2.75) is 38.5 Å². The van der Waals surface area contributed by atoms with Crippen molar-refractivity contribution in [1.82, 2.24) is 14.7 Å². The van der Waals surface area contributed by atoms with Crippen LogP contribution in [0.25, 0.3) is 16.7 Å². The van der Waals surface area contributed by atoms with Gasteiger partial charge in [-0.3, -0.25) is 9.20 Å². The average molecular weight is 422 g/mol. The molecule has 4 heterocycles. The number of nitriles is 1. The molecule has 1 spiro atoms. The smallest absolute Gasteiger partial charge is 0.226 e. The molecule has 0 atom stereocenters. The number of rotatable bonds is 1. The van der Waals surface area contributed by atoms with Crippen molar-refractivity contribution in [1.29, 1.82) is 5.26 Å². The first kappa shape index (κ1) is 19.2. The molecule has 0 unspecified atom stereocenters. The molecule has 154 valence electrons. The number of imidazole rings is 1. The van der Waals surface area contributed by atoms with E-state index in [0.29, 0.717) is 0 Å². The van der Waals surface area contributed by atoms with Crippen molar-refractivity contribution in [3.63, 3.8) is 0 Å². The molecule has 7 heteroatoms. The fourth-order valence-corrected chi connectivity index (χ4v) is 5.73. The van der Waals surface area contributed by atoms with Crippen LogP contribution in [0.5, 0.6) is 0 Å². The van der Waals surface area contributed by atoms with Gasteiger partial charge in [-0.25, -0.2) is 4.98 Å². The lowest BCUT2D eigenvalue weighted by Gasteiger charge is -2.39. The normalized spacial score (nSPS) is 19.7. The number of fused-ring (bicyclic) bond motifs is 4. The summed E-state index contributed by atoms with van der Waals surface area (Å²) < 4.78 is 2.21. The van der Waals surface area contributed by atoms with Crippen LogP contribution in [-0.4, -0.2) is 34.9 Å². The molecule has 6 nitrogen and oxygen atoms in total.